The van der Waals surface area contributed by atoms with Gasteiger partial charge in [-0.25, -0.2) is 0 Å². The van der Waals surface area contributed by atoms with Gasteiger partial charge in [0.1, 0.15) is 6.04 Å². The number of rotatable bonds is 12. The number of carbonyl (C=O) groups excluding carboxylic acids is 3. The first-order valence-corrected chi connectivity index (χ1v) is 13.4. The van der Waals surface area contributed by atoms with E-state index in [-0.39, 0.29) is 41.1 Å². The number of aliphatic hydroxyl groups excluding tert-OH is 1. The molecule has 7 nitrogen and oxygen atoms in total. The number of hydrogen-bond donors (Lipinski definition) is 2. The van der Waals surface area contributed by atoms with E-state index in [1.807, 2.05) is 0 Å². The Morgan fingerprint density at radius 3 is 2.68 bits per heavy atom. The van der Waals surface area contributed by atoms with E-state index >= 15 is 0 Å². The van der Waals surface area contributed by atoms with Crippen molar-refractivity contribution in [1.29, 1.82) is 0 Å². The fraction of sp³-hybridized carbons (Fsp3) is 0.864. The number of unbranched alkanes of at least 4 members (excludes halogenated alkanes) is 4. The Bertz CT molecular complexity index is 680. The molecule has 9 heteroatoms. The lowest BCUT2D eigenvalue weighted by Crippen LogP contribution is -2.54. The van der Waals surface area contributed by atoms with Crippen molar-refractivity contribution in [3.8, 4) is 0 Å². The number of amides is 2. The lowest BCUT2D eigenvalue weighted by molar-refractivity contribution is -0.153. The van der Waals surface area contributed by atoms with Crippen LogP contribution in [-0.4, -0.2) is 75.0 Å². The van der Waals surface area contributed by atoms with E-state index in [1.165, 1.54) is 0 Å². The standard InChI is InChI=1S/C22H35BrN2O5S/c1-3-5-10-24-19(27)18-22-13-14(23)17(31-22)15(21(29)30-4-2)16(22)20(28)25(18)11-8-6-7-9-12-26/h14-18,26H,3-13H2,1-2H3,(H,24,27)/t14?,15-,16+,17-,18?,22?/m1/s1. The molecular formula is C22H35BrN2O5S. The summed E-state index contributed by atoms with van der Waals surface area (Å²) in [6, 6.07) is -0.561. The molecule has 0 aromatic heterocycles. The second kappa shape index (κ2) is 10.9. The maximum Gasteiger partial charge on any atom is 0.310 e. The number of likely N-dealkylation sites (tertiary alicyclic amines) is 1. The largest absolute Gasteiger partial charge is 0.466 e. The summed E-state index contributed by atoms with van der Waals surface area (Å²) < 4.78 is 4.76. The number of thioether (sulfide) groups is 1. The Labute approximate surface area is 197 Å². The molecule has 3 aliphatic rings. The molecule has 6 atom stereocenters. The van der Waals surface area contributed by atoms with Crippen LogP contribution >= 0.6 is 27.7 Å². The van der Waals surface area contributed by atoms with Crippen LogP contribution in [0.25, 0.3) is 0 Å². The zero-order valence-corrected chi connectivity index (χ0v) is 20.9. The number of carbonyl (C=O) groups is 3. The van der Waals surface area contributed by atoms with Gasteiger partial charge in [0.2, 0.25) is 11.8 Å². The van der Waals surface area contributed by atoms with Crippen LogP contribution in [0.15, 0.2) is 0 Å². The van der Waals surface area contributed by atoms with Crippen LogP contribution in [0.3, 0.4) is 0 Å². The summed E-state index contributed by atoms with van der Waals surface area (Å²) in [6.45, 7) is 5.40. The summed E-state index contributed by atoms with van der Waals surface area (Å²) in [5, 5.41) is 12.0. The van der Waals surface area contributed by atoms with Crippen molar-refractivity contribution in [1.82, 2.24) is 10.2 Å². The Hall–Kier alpha value is -0.800. The number of ether oxygens (including phenoxy) is 1. The molecule has 176 valence electrons. The number of alkyl halides is 1. The number of nitrogens with zero attached hydrogens (tertiary/aromatic N) is 1. The number of aliphatic hydroxyl groups is 1. The van der Waals surface area contributed by atoms with Gasteiger partial charge in [-0.2, -0.15) is 0 Å². The molecule has 1 spiro atoms. The minimum absolute atomic E-state index is 0.0503. The molecule has 3 saturated heterocycles. The predicted octanol–water partition coefficient (Wildman–Crippen LogP) is 2.48. The predicted molar refractivity (Wildman–Crippen MR) is 124 cm³/mol. The normalized spacial score (nSPS) is 33.6. The maximum absolute atomic E-state index is 13.6. The van der Waals surface area contributed by atoms with Gasteiger partial charge in [-0.1, -0.05) is 42.1 Å². The zero-order valence-electron chi connectivity index (χ0n) is 18.5. The summed E-state index contributed by atoms with van der Waals surface area (Å²) in [7, 11) is 0. The highest BCUT2D eigenvalue weighted by Gasteiger charge is 2.75. The molecule has 3 fully saturated rings. The highest BCUT2D eigenvalue weighted by atomic mass is 79.9. The summed E-state index contributed by atoms with van der Waals surface area (Å²) in [5.41, 5.74) is 0. The van der Waals surface area contributed by atoms with Crippen LogP contribution in [0.2, 0.25) is 0 Å². The quantitative estimate of drug-likeness (QED) is 0.234. The first-order chi connectivity index (χ1) is 14.9. The Balaban J connectivity index is 1.86. The number of esters is 1. The number of halogens is 1. The average molecular weight is 520 g/mol. The summed E-state index contributed by atoms with van der Waals surface area (Å²) >= 11 is 5.38. The van der Waals surface area contributed by atoms with Crippen LogP contribution in [0.4, 0.5) is 0 Å². The van der Waals surface area contributed by atoms with E-state index in [2.05, 4.69) is 28.2 Å². The lowest BCUT2D eigenvalue weighted by Gasteiger charge is -2.35. The monoisotopic (exact) mass is 518 g/mol. The molecule has 2 bridgehead atoms. The lowest BCUT2D eigenvalue weighted by atomic mass is 9.71. The van der Waals surface area contributed by atoms with Crippen molar-refractivity contribution in [2.45, 2.75) is 79.7 Å². The molecule has 0 aliphatic carbocycles. The van der Waals surface area contributed by atoms with Gasteiger partial charge in [-0.05, 0) is 32.6 Å². The van der Waals surface area contributed by atoms with Gasteiger partial charge < -0.3 is 20.1 Å². The van der Waals surface area contributed by atoms with E-state index in [9.17, 15) is 14.4 Å². The third-order valence-electron chi connectivity index (χ3n) is 6.73. The SMILES string of the molecule is CCCCNC(=O)C1N(CCCCCCO)C(=O)[C@@H]2[C@@H](C(=O)OCC)[C@@H]3SC12CC3Br. The molecule has 2 amide bonds. The summed E-state index contributed by atoms with van der Waals surface area (Å²) in [5.74, 6) is -1.52. The highest BCUT2D eigenvalue weighted by molar-refractivity contribution is 9.09. The third kappa shape index (κ3) is 4.64. The summed E-state index contributed by atoms with van der Waals surface area (Å²) in [6.07, 6.45) is 5.89. The summed E-state index contributed by atoms with van der Waals surface area (Å²) in [4.78, 5) is 41.7. The molecule has 0 saturated carbocycles. The van der Waals surface area contributed by atoms with E-state index < -0.39 is 22.6 Å². The number of nitrogens with one attached hydrogen (secondary N) is 1. The molecule has 3 rings (SSSR count). The molecule has 31 heavy (non-hydrogen) atoms. The van der Waals surface area contributed by atoms with Crippen LogP contribution < -0.4 is 5.32 Å². The zero-order chi connectivity index (χ0) is 22.6. The smallest absolute Gasteiger partial charge is 0.310 e. The molecule has 3 aliphatic heterocycles. The average Bonchev–Trinajstić information content (AvgIpc) is 3.32. The molecule has 3 heterocycles. The Morgan fingerprint density at radius 1 is 1.26 bits per heavy atom. The van der Waals surface area contributed by atoms with Crippen LogP contribution in [0, 0.1) is 11.8 Å². The van der Waals surface area contributed by atoms with E-state index in [0.717, 1.165) is 38.5 Å². The van der Waals surface area contributed by atoms with Crippen molar-refractivity contribution in [2.75, 3.05) is 26.3 Å². The number of fused-ring (bicyclic) bond motifs is 1. The van der Waals surface area contributed by atoms with Crippen LogP contribution in [-0.2, 0) is 19.1 Å². The van der Waals surface area contributed by atoms with Crippen molar-refractivity contribution >= 4 is 45.5 Å². The van der Waals surface area contributed by atoms with E-state index in [1.54, 1.807) is 23.6 Å². The molecule has 0 aromatic carbocycles. The fourth-order valence-corrected chi connectivity index (χ4v) is 9.01. The molecule has 2 N–H and O–H groups in total. The molecule has 0 aromatic rings. The van der Waals surface area contributed by atoms with Gasteiger partial charge in [0, 0.05) is 29.8 Å². The van der Waals surface area contributed by atoms with Gasteiger partial charge in [-0.15, -0.1) is 11.8 Å². The first-order valence-electron chi connectivity index (χ1n) is 11.6. The van der Waals surface area contributed by atoms with Gasteiger partial charge in [0.15, 0.2) is 0 Å². The first kappa shape index (κ1) is 24.8. The van der Waals surface area contributed by atoms with Crippen molar-refractivity contribution in [2.24, 2.45) is 11.8 Å². The van der Waals surface area contributed by atoms with Gasteiger partial charge in [0.05, 0.1) is 23.2 Å². The second-order valence-corrected chi connectivity index (χ2v) is 11.4. The second-order valence-electron chi connectivity index (χ2n) is 8.73. The van der Waals surface area contributed by atoms with Gasteiger partial charge in [-0.3, -0.25) is 14.4 Å². The van der Waals surface area contributed by atoms with Crippen molar-refractivity contribution < 1.29 is 24.2 Å². The molecular weight excluding hydrogens is 484 g/mol. The minimum Gasteiger partial charge on any atom is -0.466 e. The van der Waals surface area contributed by atoms with Gasteiger partial charge >= 0.3 is 5.97 Å². The van der Waals surface area contributed by atoms with E-state index in [4.69, 9.17) is 9.84 Å². The topological polar surface area (TPSA) is 95.9 Å². The highest BCUT2D eigenvalue weighted by Crippen LogP contribution is 2.67. The number of hydrogen-bond acceptors (Lipinski definition) is 6. The third-order valence-corrected chi connectivity index (χ3v) is 9.95. The molecule has 3 unspecified atom stereocenters. The molecule has 0 radical (unpaired) electrons. The van der Waals surface area contributed by atoms with Crippen molar-refractivity contribution in [3.63, 3.8) is 0 Å². The van der Waals surface area contributed by atoms with E-state index in [0.29, 0.717) is 19.5 Å². The Morgan fingerprint density at radius 2 is 2.00 bits per heavy atom. The maximum atomic E-state index is 13.6. The minimum atomic E-state index is -0.589. The van der Waals surface area contributed by atoms with Crippen LogP contribution in [0.5, 0.6) is 0 Å². The van der Waals surface area contributed by atoms with Gasteiger partial charge in [0.25, 0.3) is 0 Å². The van der Waals surface area contributed by atoms with Crippen LogP contribution in [0.1, 0.15) is 58.8 Å². The fourth-order valence-electron chi connectivity index (χ4n) is 5.41. The van der Waals surface area contributed by atoms with Crippen molar-refractivity contribution in [3.05, 3.63) is 0 Å². The Kier molecular flexibility index (Phi) is 8.72.